The third kappa shape index (κ3) is 3.55. The third-order valence-corrected chi connectivity index (χ3v) is 7.40. The number of aliphatic hydroxyl groups is 2. The van der Waals surface area contributed by atoms with Gasteiger partial charge in [0, 0.05) is 60.8 Å². The maximum atomic E-state index is 11.1. The molecule has 0 aliphatic carbocycles. The Morgan fingerprint density at radius 2 is 1.87 bits per heavy atom. The molecule has 1 aromatic heterocycles. The average Bonchev–Trinajstić information content (AvgIpc) is 3.01. The molecule has 31 heavy (non-hydrogen) atoms. The SMILES string of the molecule is Cc1ccc2c(c1)[C@@H](O)CC1(CCN(C[C@@H](O)c3c(C)n(C)c4ccccc34)CC1)O2. The molecule has 164 valence electrons. The zero-order valence-electron chi connectivity index (χ0n) is 18.6. The number of nitrogens with zero attached hydrogens (tertiary/aromatic N) is 2. The van der Waals surface area contributed by atoms with Crippen molar-refractivity contribution in [3.8, 4) is 5.75 Å². The molecule has 1 fully saturated rings. The zero-order chi connectivity index (χ0) is 21.8. The fourth-order valence-electron chi connectivity index (χ4n) is 5.51. The number of para-hydroxylation sites is 1. The van der Waals surface area contributed by atoms with Crippen LogP contribution >= 0.6 is 0 Å². The number of aromatic nitrogens is 1. The van der Waals surface area contributed by atoms with Gasteiger partial charge in [-0.2, -0.15) is 0 Å². The van der Waals surface area contributed by atoms with Crippen molar-refractivity contribution in [3.63, 3.8) is 0 Å². The first kappa shape index (κ1) is 20.6. The van der Waals surface area contributed by atoms with Gasteiger partial charge in [0.15, 0.2) is 0 Å². The Morgan fingerprint density at radius 1 is 1.13 bits per heavy atom. The van der Waals surface area contributed by atoms with Gasteiger partial charge in [-0.05, 0) is 44.9 Å². The second-order valence-electron chi connectivity index (χ2n) is 9.44. The molecule has 5 rings (SSSR count). The molecule has 0 amide bonds. The Labute approximate surface area is 183 Å². The average molecular weight is 421 g/mol. The van der Waals surface area contributed by atoms with Crippen LogP contribution in [0.4, 0.5) is 0 Å². The van der Waals surface area contributed by atoms with E-state index >= 15 is 0 Å². The Morgan fingerprint density at radius 3 is 2.65 bits per heavy atom. The molecule has 3 aromatic rings. The first-order chi connectivity index (χ1) is 14.9. The summed E-state index contributed by atoms with van der Waals surface area (Å²) in [5.41, 5.74) is 5.06. The quantitative estimate of drug-likeness (QED) is 0.667. The van der Waals surface area contributed by atoms with Crippen molar-refractivity contribution in [2.24, 2.45) is 7.05 Å². The first-order valence-corrected chi connectivity index (χ1v) is 11.3. The fourth-order valence-corrected chi connectivity index (χ4v) is 5.51. The summed E-state index contributed by atoms with van der Waals surface area (Å²) in [6.45, 7) is 6.45. The Hall–Kier alpha value is -2.34. The summed E-state index contributed by atoms with van der Waals surface area (Å²) < 4.78 is 8.61. The zero-order valence-corrected chi connectivity index (χ0v) is 18.6. The van der Waals surface area contributed by atoms with Crippen LogP contribution < -0.4 is 4.74 Å². The summed E-state index contributed by atoms with van der Waals surface area (Å²) in [4.78, 5) is 2.33. The van der Waals surface area contributed by atoms with Gasteiger partial charge in [-0.3, -0.25) is 0 Å². The van der Waals surface area contributed by atoms with Gasteiger partial charge >= 0.3 is 0 Å². The molecule has 5 heteroatoms. The van der Waals surface area contributed by atoms with Crippen LogP contribution in [0, 0.1) is 13.8 Å². The van der Waals surface area contributed by atoms with Crippen LogP contribution in [0.1, 0.15) is 53.9 Å². The fraction of sp³-hybridized carbons (Fsp3) is 0.462. The van der Waals surface area contributed by atoms with Gasteiger partial charge in [0.25, 0.3) is 0 Å². The van der Waals surface area contributed by atoms with Crippen molar-refractivity contribution >= 4 is 10.9 Å². The topological polar surface area (TPSA) is 57.9 Å². The molecule has 5 nitrogen and oxygen atoms in total. The van der Waals surface area contributed by atoms with Gasteiger partial charge in [0.2, 0.25) is 0 Å². The lowest BCUT2D eigenvalue weighted by Crippen LogP contribution is -2.51. The van der Waals surface area contributed by atoms with E-state index in [1.165, 1.54) is 0 Å². The Kier molecular flexibility index (Phi) is 5.08. The van der Waals surface area contributed by atoms with Crippen LogP contribution in [0.15, 0.2) is 42.5 Å². The van der Waals surface area contributed by atoms with E-state index in [4.69, 9.17) is 4.74 Å². The summed E-state index contributed by atoms with van der Waals surface area (Å²) in [5.74, 6) is 0.823. The summed E-state index contributed by atoms with van der Waals surface area (Å²) >= 11 is 0. The van der Waals surface area contributed by atoms with Crippen molar-refractivity contribution < 1.29 is 14.9 Å². The molecule has 0 bridgehead atoms. The minimum atomic E-state index is -0.526. The van der Waals surface area contributed by atoms with E-state index in [1.54, 1.807) is 0 Å². The summed E-state index contributed by atoms with van der Waals surface area (Å²) in [7, 11) is 2.06. The van der Waals surface area contributed by atoms with Gasteiger partial charge in [0.05, 0.1) is 12.2 Å². The van der Waals surface area contributed by atoms with Crippen molar-refractivity contribution in [2.45, 2.75) is 50.9 Å². The van der Waals surface area contributed by atoms with Crippen LogP contribution in [-0.2, 0) is 7.05 Å². The minimum absolute atomic E-state index is 0.307. The second kappa shape index (κ2) is 7.66. The van der Waals surface area contributed by atoms with Crippen molar-refractivity contribution in [1.82, 2.24) is 9.47 Å². The number of aryl methyl sites for hydroxylation is 2. The molecule has 0 unspecified atom stereocenters. The molecule has 1 spiro atoms. The highest BCUT2D eigenvalue weighted by molar-refractivity contribution is 5.85. The van der Waals surface area contributed by atoms with E-state index in [0.717, 1.165) is 65.0 Å². The summed E-state index contributed by atoms with van der Waals surface area (Å²) in [5, 5.41) is 23.0. The highest BCUT2D eigenvalue weighted by Crippen LogP contribution is 2.44. The molecule has 2 aromatic carbocycles. The Bertz CT molecular complexity index is 1110. The molecule has 1 saturated heterocycles. The number of hydrogen-bond acceptors (Lipinski definition) is 4. The molecular weight excluding hydrogens is 388 g/mol. The van der Waals surface area contributed by atoms with E-state index < -0.39 is 12.2 Å². The number of rotatable bonds is 3. The number of likely N-dealkylation sites (tertiary alicyclic amines) is 1. The third-order valence-electron chi connectivity index (χ3n) is 7.40. The van der Waals surface area contributed by atoms with Gasteiger partial charge in [-0.1, -0.05) is 29.8 Å². The number of ether oxygens (including phenoxy) is 1. The highest BCUT2D eigenvalue weighted by Gasteiger charge is 2.43. The predicted octanol–water partition coefficient (Wildman–Crippen LogP) is 4.18. The largest absolute Gasteiger partial charge is 0.487 e. The van der Waals surface area contributed by atoms with Crippen molar-refractivity contribution in [2.75, 3.05) is 19.6 Å². The molecule has 2 atom stereocenters. The molecule has 2 N–H and O–H groups in total. The number of β-amino-alcohol motifs (C(OH)–C–C–N with tert-alkyl or cyclic N) is 1. The molecule has 0 saturated carbocycles. The van der Waals surface area contributed by atoms with Gasteiger partial charge < -0.3 is 24.4 Å². The van der Waals surface area contributed by atoms with Crippen LogP contribution in [0.2, 0.25) is 0 Å². The van der Waals surface area contributed by atoms with Crippen molar-refractivity contribution in [1.29, 1.82) is 0 Å². The van der Waals surface area contributed by atoms with E-state index in [-0.39, 0.29) is 5.60 Å². The molecular formula is C26H32N2O3. The lowest BCUT2D eigenvalue weighted by molar-refractivity contribution is -0.0587. The molecule has 3 heterocycles. The standard InChI is InChI=1S/C26H32N2O3/c1-17-8-9-24-20(14-17)22(29)15-26(31-24)10-12-28(13-11-26)16-23(30)25-18(2)27(3)21-7-5-4-6-19(21)25/h4-9,14,22-23,29-30H,10-13,15-16H2,1-3H3/t22-,23+/m0/s1. The predicted molar refractivity (Wildman–Crippen MR) is 122 cm³/mol. The van der Waals surface area contributed by atoms with Crippen LogP contribution in [-0.4, -0.2) is 44.9 Å². The lowest BCUT2D eigenvalue weighted by atomic mass is 9.81. The maximum Gasteiger partial charge on any atom is 0.125 e. The Balaban J connectivity index is 1.29. The molecule has 2 aliphatic heterocycles. The van der Waals surface area contributed by atoms with E-state index in [1.807, 2.05) is 37.3 Å². The number of piperidine rings is 1. The monoisotopic (exact) mass is 420 g/mol. The summed E-state index contributed by atoms with van der Waals surface area (Å²) in [6, 6.07) is 14.4. The number of hydrogen-bond donors (Lipinski definition) is 2. The van der Waals surface area contributed by atoms with Crippen LogP contribution in [0.3, 0.4) is 0 Å². The second-order valence-corrected chi connectivity index (χ2v) is 9.44. The smallest absolute Gasteiger partial charge is 0.125 e. The van der Waals surface area contributed by atoms with E-state index in [9.17, 15) is 10.2 Å². The number of aliphatic hydroxyl groups excluding tert-OH is 2. The first-order valence-electron chi connectivity index (χ1n) is 11.3. The van der Waals surface area contributed by atoms with Gasteiger partial charge in [-0.25, -0.2) is 0 Å². The minimum Gasteiger partial charge on any atom is -0.487 e. The highest BCUT2D eigenvalue weighted by atomic mass is 16.5. The number of fused-ring (bicyclic) bond motifs is 2. The summed E-state index contributed by atoms with van der Waals surface area (Å²) in [6.07, 6.45) is 1.36. The lowest BCUT2D eigenvalue weighted by Gasteiger charge is -2.46. The van der Waals surface area contributed by atoms with Gasteiger partial charge in [-0.15, -0.1) is 0 Å². The van der Waals surface area contributed by atoms with E-state index in [2.05, 4.69) is 35.6 Å². The maximum absolute atomic E-state index is 11.1. The molecule has 2 aliphatic rings. The normalized spacial score (nSPS) is 21.8. The van der Waals surface area contributed by atoms with Gasteiger partial charge in [0.1, 0.15) is 11.4 Å². The van der Waals surface area contributed by atoms with Crippen LogP contribution in [0.25, 0.3) is 10.9 Å². The van der Waals surface area contributed by atoms with E-state index in [0.29, 0.717) is 13.0 Å². The van der Waals surface area contributed by atoms with Crippen LogP contribution in [0.5, 0.6) is 5.75 Å². The van der Waals surface area contributed by atoms with Crippen molar-refractivity contribution in [3.05, 3.63) is 64.8 Å². The number of benzene rings is 2. The molecule has 0 radical (unpaired) electrons.